The molecule has 1 aliphatic heterocycles. The van der Waals surface area contributed by atoms with Gasteiger partial charge in [0.25, 0.3) is 0 Å². The Bertz CT molecular complexity index is 946. The van der Waals surface area contributed by atoms with Gasteiger partial charge in [-0.25, -0.2) is 12.8 Å². The van der Waals surface area contributed by atoms with Crippen LogP contribution in [0, 0.1) is 5.82 Å². The standard InChI is InChI=1S/C23H30FN3O3S/c24-21-11-4-5-12-22(21)26-15-17-27(18-16-26)31(29,30)19-7-14-25-23(28)13-6-10-20-8-2-1-3-9-20/h1-5,8-9,11-12H,6-7,10,13-19H2,(H,25,28). The zero-order chi connectivity index (χ0) is 22.1. The minimum atomic E-state index is -3.39. The molecule has 1 heterocycles. The van der Waals surface area contributed by atoms with Crippen molar-refractivity contribution >= 4 is 21.6 Å². The lowest BCUT2D eigenvalue weighted by atomic mass is 10.1. The van der Waals surface area contributed by atoms with Crippen molar-refractivity contribution in [3.63, 3.8) is 0 Å². The number of piperazine rings is 1. The first-order valence-electron chi connectivity index (χ1n) is 10.7. The molecule has 1 saturated heterocycles. The van der Waals surface area contributed by atoms with E-state index in [1.54, 1.807) is 18.2 Å². The van der Waals surface area contributed by atoms with Gasteiger partial charge in [-0.05, 0) is 37.0 Å². The number of nitrogens with one attached hydrogen (secondary N) is 1. The molecule has 2 aromatic carbocycles. The van der Waals surface area contributed by atoms with E-state index in [9.17, 15) is 17.6 Å². The molecule has 1 fully saturated rings. The Kier molecular flexibility index (Phi) is 8.43. The molecule has 0 radical (unpaired) electrons. The Morgan fingerprint density at radius 1 is 0.935 bits per heavy atom. The Morgan fingerprint density at radius 2 is 1.61 bits per heavy atom. The maximum absolute atomic E-state index is 13.9. The minimum Gasteiger partial charge on any atom is -0.367 e. The number of anilines is 1. The fraction of sp³-hybridized carbons (Fsp3) is 0.435. The van der Waals surface area contributed by atoms with Gasteiger partial charge >= 0.3 is 0 Å². The summed E-state index contributed by atoms with van der Waals surface area (Å²) in [4.78, 5) is 13.8. The van der Waals surface area contributed by atoms with Crippen LogP contribution in [0.3, 0.4) is 0 Å². The van der Waals surface area contributed by atoms with E-state index in [1.165, 1.54) is 15.9 Å². The van der Waals surface area contributed by atoms with Crippen molar-refractivity contribution in [2.45, 2.75) is 25.7 Å². The summed E-state index contributed by atoms with van der Waals surface area (Å²) in [6.07, 6.45) is 2.42. The molecule has 0 aliphatic carbocycles. The molecule has 1 amide bonds. The first kappa shape index (κ1) is 23.2. The average Bonchev–Trinajstić information content (AvgIpc) is 2.78. The highest BCUT2D eigenvalue weighted by atomic mass is 32.2. The van der Waals surface area contributed by atoms with Crippen LogP contribution in [-0.4, -0.2) is 57.1 Å². The lowest BCUT2D eigenvalue weighted by Crippen LogP contribution is -2.49. The van der Waals surface area contributed by atoms with Gasteiger partial charge in [-0.15, -0.1) is 0 Å². The second kappa shape index (κ2) is 11.2. The molecule has 1 N–H and O–H groups in total. The summed E-state index contributed by atoms with van der Waals surface area (Å²) in [5.41, 5.74) is 1.71. The quantitative estimate of drug-likeness (QED) is 0.569. The summed E-state index contributed by atoms with van der Waals surface area (Å²) in [5, 5.41) is 2.81. The van der Waals surface area contributed by atoms with Crippen molar-refractivity contribution < 1.29 is 17.6 Å². The van der Waals surface area contributed by atoms with Crippen LogP contribution in [0.4, 0.5) is 10.1 Å². The number of nitrogens with zero attached hydrogens (tertiary/aromatic N) is 2. The van der Waals surface area contributed by atoms with E-state index in [2.05, 4.69) is 5.32 Å². The monoisotopic (exact) mass is 447 g/mol. The summed E-state index contributed by atoms with van der Waals surface area (Å²) in [5.74, 6) is -0.345. The maximum atomic E-state index is 13.9. The molecular weight excluding hydrogens is 417 g/mol. The number of halogens is 1. The Morgan fingerprint density at radius 3 is 2.32 bits per heavy atom. The van der Waals surface area contributed by atoms with Gasteiger partial charge in [0.1, 0.15) is 5.82 Å². The second-order valence-electron chi connectivity index (χ2n) is 7.70. The van der Waals surface area contributed by atoms with E-state index >= 15 is 0 Å². The third kappa shape index (κ3) is 7.04. The van der Waals surface area contributed by atoms with Gasteiger partial charge in [0.2, 0.25) is 15.9 Å². The first-order valence-corrected chi connectivity index (χ1v) is 12.3. The molecule has 2 aromatic rings. The van der Waals surface area contributed by atoms with Crippen molar-refractivity contribution in [2.24, 2.45) is 0 Å². The number of benzene rings is 2. The molecule has 3 rings (SSSR count). The zero-order valence-electron chi connectivity index (χ0n) is 17.7. The van der Waals surface area contributed by atoms with Crippen molar-refractivity contribution in [2.75, 3.05) is 43.4 Å². The predicted molar refractivity (Wildman–Crippen MR) is 121 cm³/mol. The zero-order valence-corrected chi connectivity index (χ0v) is 18.5. The molecule has 168 valence electrons. The van der Waals surface area contributed by atoms with Gasteiger partial charge in [0.05, 0.1) is 11.4 Å². The van der Waals surface area contributed by atoms with Gasteiger partial charge in [-0.2, -0.15) is 4.31 Å². The van der Waals surface area contributed by atoms with Crippen LogP contribution in [0.15, 0.2) is 54.6 Å². The fourth-order valence-electron chi connectivity index (χ4n) is 3.71. The van der Waals surface area contributed by atoms with Crippen LogP contribution in [0.1, 0.15) is 24.8 Å². The summed E-state index contributed by atoms with van der Waals surface area (Å²) >= 11 is 0. The number of hydrogen-bond acceptors (Lipinski definition) is 4. The molecule has 0 aromatic heterocycles. The van der Waals surface area contributed by atoms with E-state index in [-0.39, 0.29) is 17.5 Å². The molecule has 0 atom stereocenters. The molecule has 0 bridgehead atoms. The van der Waals surface area contributed by atoms with Crippen LogP contribution < -0.4 is 10.2 Å². The number of sulfonamides is 1. The highest BCUT2D eigenvalue weighted by molar-refractivity contribution is 7.89. The SMILES string of the molecule is O=C(CCCc1ccccc1)NCCCS(=O)(=O)N1CCN(c2ccccc2F)CC1. The Labute approximate surface area is 184 Å². The summed E-state index contributed by atoms with van der Waals surface area (Å²) < 4.78 is 40.6. The second-order valence-corrected chi connectivity index (χ2v) is 9.78. The van der Waals surface area contributed by atoms with E-state index < -0.39 is 10.0 Å². The van der Waals surface area contributed by atoms with E-state index in [4.69, 9.17) is 0 Å². The molecule has 31 heavy (non-hydrogen) atoms. The maximum Gasteiger partial charge on any atom is 0.220 e. The topological polar surface area (TPSA) is 69.7 Å². The molecule has 0 saturated carbocycles. The fourth-order valence-corrected chi connectivity index (χ4v) is 5.20. The van der Waals surface area contributed by atoms with Gasteiger partial charge in [-0.3, -0.25) is 4.79 Å². The molecule has 8 heteroatoms. The van der Waals surface area contributed by atoms with Crippen LogP contribution >= 0.6 is 0 Å². The molecular formula is C23H30FN3O3S. The van der Waals surface area contributed by atoms with Crippen LogP contribution in [0.2, 0.25) is 0 Å². The highest BCUT2D eigenvalue weighted by Crippen LogP contribution is 2.21. The predicted octanol–water partition coefficient (Wildman–Crippen LogP) is 2.81. The van der Waals surface area contributed by atoms with Crippen molar-refractivity contribution in [1.29, 1.82) is 0 Å². The van der Waals surface area contributed by atoms with Gasteiger partial charge in [0.15, 0.2) is 0 Å². The molecule has 6 nitrogen and oxygen atoms in total. The third-order valence-electron chi connectivity index (χ3n) is 5.44. The smallest absolute Gasteiger partial charge is 0.220 e. The summed E-state index contributed by atoms with van der Waals surface area (Å²) in [6.45, 7) is 1.93. The number of para-hydroxylation sites is 1. The Balaban J connectivity index is 1.33. The number of rotatable bonds is 10. The van der Waals surface area contributed by atoms with Gasteiger partial charge < -0.3 is 10.2 Å². The van der Waals surface area contributed by atoms with Crippen molar-refractivity contribution in [3.8, 4) is 0 Å². The van der Waals surface area contributed by atoms with E-state index in [0.29, 0.717) is 51.3 Å². The van der Waals surface area contributed by atoms with Crippen LogP contribution in [0.5, 0.6) is 0 Å². The molecule has 0 spiro atoms. The first-order chi connectivity index (χ1) is 15.0. The molecule has 0 unspecified atom stereocenters. The summed E-state index contributed by atoms with van der Waals surface area (Å²) in [6, 6.07) is 16.5. The number of hydrogen-bond donors (Lipinski definition) is 1. The van der Waals surface area contributed by atoms with Crippen molar-refractivity contribution in [3.05, 3.63) is 66.0 Å². The highest BCUT2D eigenvalue weighted by Gasteiger charge is 2.27. The summed E-state index contributed by atoms with van der Waals surface area (Å²) in [7, 11) is -3.39. The van der Waals surface area contributed by atoms with Crippen molar-refractivity contribution in [1.82, 2.24) is 9.62 Å². The Hall–Kier alpha value is -2.45. The normalized spacial score (nSPS) is 15.1. The number of carbonyl (C=O) groups excluding carboxylic acids is 1. The lowest BCUT2D eigenvalue weighted by molar-refractivity contribution is -0.121. The van der Waals surface area contributed by atoms with E-state index in [0.717, 1.165) is 12.8 Å². The van der Waals surface area contributed by atoms with E-state index in [1.807, 2.05) is 35.2 Å². The van der Waals surface area contributed by atoms with Gasteiger partial charge in [0, 0.05) is 39.1 Å². The number of carbonyl (C=O) groups is 1. The number of aryl methyl sites for hydroxylation is 1. The number of amides is 1. The average molecular weight is 448 g/mol. The van der Waals surface area contributed by atoms with Crippen LogP contribution in [0.25, 0.3) is 0 Å². The largest absolute Gasteiger partial charge is 0.367 e. The minimum absolute atomic E-state index is 0.00298. The molecule has 1 aliphatic rings. The van der Waals surface area contributed by atoms with Crippen LogP contribution in [-0.2, 0) is 21.2 Å². The van der Waals surface area contributed by atoms with Gasteiger partial charge in [-0.1, -0.05) is 42.5 Å². The third-order valence-corrected chi connectivity index (χ3v) is 7.40. The lowest BCUT2D eigenvalue weighted by Gasteiger charge is -2.35.